The Balaban J connectivity index is 1.35. The van der Waals surface area contributed by atoms with Crippen molar-refractivity contribution < 1.29 is 9.47 Å². The van der Waals surface area contributed by atoms with Crippen LogP contribution in [-0.4, -0.2) is 0 Å². The Morgan fingerprint density at radius 1 is 0.587 bits per heavy atom. The summed E-state index contributed by atoms with van der Waals surface area (Å²) in [5.41, 5.74) is 20.9. The van der Waals surface area contributed by atoms with Crippen LogP contribution in [-0.2, 0) is 5.41 Å². The quantitative estimate of drug-likeness (QED) is 0.193. The van der Waals surface area contributed by atoms with Gasteiger partial charge in [-0.3, -0.25) is 0 Å². The molecule has 0 unspecified atom stereocenters. The number of benzene rings is 4. The van der Waals surface area contributed by atoms with Crippen molar-refractivity contribution >= 4 is 11.4 Å². The molecule has 46 heavy (non-hydrogen) atoms. The molecule has 0 aromatic heterocycles. The first-order valence-electron chi connectivity index (χ1n) is 17.5. The molecule has 4 N–H and O–H groups in total. The van der Waals surface area contributed by atoms with Crippen molar-refractivity contribution in [3.63, 3.8) is 0 Å². The summed E-state index contributed by atoms with van der Waals surface area (Å²) in [6.07, 6.45) is 11.9. The monoisotopic (exact) mass is 616 g/mol. The molecule has 2 aliphatic rings. The van der Waals surface area contributed by atoms with Crippen molar-refractivity contribution in [2.24, 2.45) is 17.8 Å². The molecule has 2 fully saturated rings. The van der Waals surface area contributed by atoms with E-state index in [4.69, 9.17) is 20.9 Å². The lowest BCUT2D eigenvalue weighted by Gasteiger charge is -2.45. The van der Waals surface area contributed by atoms with E-state index in [-0.39, 0.29) is 5.41 Å². The van der Waals surface area contributed by atoms with E-state index < -0.39 is 0 Å². The maximum atomic E-state index is 6.43. The normalized spacial score (nSPS) is 19.9. The largest absolute Gasteiger partial charge is 0.457 e. The van der Waals surface area contributed by atoms with E-state index in [0.29, 0.717) is 11.4 Å². The highest BCUT2D eigenvalue weighted by Crippen LogP contribution is 2.52. The molecule has 242 valence electrons. The molecule has 0 spiro atoms. The minimum Gasteiger partial charge on any atom is -0.457 e. The molecule has 2 saturated carbocycles. The molecule has 0 bridgehead atoms. The van der Waals surface area contributed by atoms with Gasteiger partial charge in [0.2, 0.25) is 0 Å². The van der Waals surface area contributed by atoms with Crippen molar-refractivity contribution in [2.45, 2.75) is 97.8 Å². The van der Waals surface area contributed by atoms with E-state index in [9.17, 15) is 0 Å². The highest BCUT2D eigenvalue weighted by molar-refractivity contribution is 5.55. The fraction of sp³-hybridized carbons (Fsp3) is 0.429. The second-order valence-electron chi connectivity index (χ2n) is 14.3. The Morgan fingerprint density at radius 3 is 1.39 bits per heavy atom. The summed E-state index contributed by atoms with van der Waals surface area (Å²) in [4.78, 5) is 0. The Hall–Kier alpha value is -3.92. The van der Waals surface area contributed by atoms with Crippen LogP contribution in [0.2, 0.25) is 0 Å². The van der Waals surface area contributed by atoms with Crippen LogP contribution in [0.1, 0.15) is 98.1 Å². The summed E-state index contributed by atoms with van der Waals surface area (Å²) in [5, 5.41) is 0. The van der Waals surface area contributed by atoms with E-state index in [2.05, 4.69) is 58.9 Å². The molecule has 4 nitrogen and oxygen atoms in total. The van der Waals surface area contributed by atoms with Gasteiger partial charge in [-0.1, -0.05) is 62.6 Å². The molecule has 4 aromatic rings. The van der Waals surface area contributed by atoms with Gasteiger partial charge in [0.05, 0.1) is 0 Å². The van der Waals surface area contributed by atoms with Gasteiger partial charge in [0.1, 0.15) is 23.0 Å². The average Bonchev–Trinajstić information content (AvgIpc) is 3.04. The zero-order valence-corrected chi connectivity index (χ0v) is 28.5. The first kappa shape index (κ1) is 32.0. The van der Waals surface area contributed by atoms with Crippen molar-refractivity contribution in [3.05, 3.63) is 106 Å². The topological polar surface area (TPSA) is 70.5 Å². The summed E-state index contributed by atoms with van der Waals surface area (Å²) in [5.74, 6) is 6.04. The van der Waals surface area contributed by atoms with Crippen LogP contribution in [0.5, 0.6) is 23.0 Å². The number of hydrogen-bond acceptors (Lipinski definition) is 4. The zero-order chi connectivity index (χ0) is 32.4. The predicted molar refractivity (Wildman–Crippen MR) is 192 cm³/mol. The van der Waals surface area contributed by atoms with Crippen LogP contribution in [0.3, 0.4) is 0 Å². The van der Waals surface area contributed by atoms with E-state index in [0.717, 1.165) is 75.8 Å². The maximum absolute atomic E-state index is 6.43. The Kier molecular flexibility index (Phi) is 9.36. The smallest absolute Gasteiger partial charge is 0.133 e. The number of anilines is 2. The van der Waals surface area contributed by atoms with Gasteiger partial charge in [-0.05, 0) is 142 Å². The summed E-state index contributed by atoms with van der Waals surface area (Å²) >= 11 is 0. The van der Waals surface area contributed by atoms with Crippen LogP contribution in [0.4, 0.5) is 11.4 Å². The second-order valence-corrected chi connectivity index (χ2v) is 14.3. The van der Waals surface area contributed by atoms with E-state index in [1.807, 2.05) is 48.5 Å². The molecule has 4 heteroatoms. The number of ether oxygens (including phenoxy) is 2. The second kappa shape index (κ2) is 13.4. The lowest BCUT2D eigenvalue weighted by atomic mass is 9.59. The predicted octanol–water partition coefficient (Wildman–Crippen LogP) is 11.4. The third-order valence-corrected chi connectivity index (χ3v) is 11.2. The van der Waals surface area contributed by atoms with Crippen LogP contribution in [0, 0.1) is 45.4 Å². The molecular formula is C42H52N2O2. The molecule has 4 aromatic carbocycles. The fourth-order valence-corrected chi connectivity index (χ4v) is 8.58. The number of rotatable bonds is 8. The van der Waals surface area contributed by atoms with E-state index in [1.54, 1.807) is 0 Å². The third-order valence-electron chi connectivity index (χ3n) is 11.2. The highest BCUT2D eigenvalue weighted by Gasteiger charge is 2.41. The maximum Gasteiger partial charge on any atom is 0.133 e. The first-order valence-corrected chi connectivity index (χ1v) is 17.5. The molecule has 0 aliphatic heterocycles. The van der Waals surface area contributed by atoms with Crippen molar-refractivity contribution in [1.82, 2.24) is 0 Å². The third kappa shape index (κ3) is 6.63. The lowest BCUT2D eigenvalue weighted by Crippen LogP contribution is -2.36. The average molecular weight is 617 g/mol. The van der Waals surface area contributed by atoms with Gasteiger partial charge in [-0.2, -0.15) is 0 Å². The van der Waals surface area contributed by atoms with Crippen LogP contribution in [0.25, 0.3) is 0 Å². The molecule has 0 amide bonds. The Labute approximate surface area is 276 Å². The van der Waals surface area contributed by atoms with Crippen LogP contribution >= 0.6 is 0 Å². The van der Waals surface area contributed by atoms with Crippen molar-refractivity contribution in [3.8, 4) is 23.0 Å². The van der Waals surface area contributed by atoms with Gasteiger partial charge in [-0.15, -0.1) is 0 Å². The first-order chi connectivity index (χ1) is 22.1. The van der Waals surface area contributed by atoms with Gasteiger partial charge in [0.25, 0.3) is 0 Å². The number of nitrogen functional groups attached to an aromatic ring is 2. The van der Waals surface area contributed by atoms with Gasteiger partial charge in [0.15, 0.2) is 0 Å². The summed E-state index contributed by atoms with van der Waals surface area (Å²) in [7, 11) is 0. The lowest BCUT2D eigenvalue weighted by molar-refractivity contribution is 0.142. The minimum atomic E-state index is -0.0619. The molecule has 0 heterocycles. The molecular weight excluding hydrogens is 564 g/mol. The van der Waals surface area contributed by atoms with Crippen molar-refractivity contribution in [2.75, 3.05) is 11.5 Å². The van der Waals surface area contributed by atoms with Gasteiger partial charge in [0, 0.05) is 28.9 Å². The molecule has 6 rings (SSSR count). The summed E-state index contributed by atoms with van der Waals surface area (Å²) in [6, 6.07) is 25.0. The standard InChI is InChI=1S/C42H52N2O2/c1-6-31-13-15-32(16-14-31)33-17-19-42(20-18-33,34-21-27(2)40(28(3)22-34)45-38-11-7-9-36(43)25-38)35-23-29(4)41(30(5)24-35)46-39-12-8-10-37(44)26-39/h7-12,21-26,31-33H,6,13-20,43-44H2,1-5H3. The number of nitrogens with two attached hydrogens (primary N) is 2. The van der Waals surface area contributed by atoms with Crippen LogP contribution in [0.15, 0.2) is 72.8 Å². The van der Waals surface area contributed by atoms with E-state index >= 15 is 0 Å². The minimum absolute atomic E-state index is 0.0619. The fourth-order valence-electron chi connectivity index (χ4n) is 8.58. The van der Waals surface area contributed by atoms with Crippen LogP contribution < -0.4 is 20.9 Å². The van der Waals surface area contributed by atoms with Gasteiger partial charge >= 0.3 is 0 Å². The number of hydrogen-bond donors (Lipinski definition) is 2. The van der Waals surface area contributed by atoms with Gasteiger partial charge in [-0.25, -0.2) is 0 Å². The van der Waals surface area contributed by atoms with Gasteiger partial charge < -0.3 is 20.9 Å². The zero-order valence-electron chi connectivity index (χ0n) is 28.5. The molecule has 2 aliphatic carbocycles. The Bertz CT molecular complexity index is 1520. The summed E-state index contributed by atoms with van der Waals surface area (Å²) in [6.45, 7) is 11.1. The highest BCUT2D eigenvalue weighted by atomic mass is 16.5. The van der Waals surface area contributed by atoms with Crippen molar-refractivity contribution in [1.29, 1.82) is 0 Å². The molecule has 0 radical (unpaired) electrons. The SMILES string of the molecule is CCC1CCC(C2CCC(c3cc(C)c(Oc4cccc(N)c4)c(C)c3)(c3cc(C)c(Oc4cccc(N)c4)c(C)c3)CC2)CC1. The Morgan fingerprint density at radius 2 is 1.00 bits per heavy atom. The van der Waals surface area contributed by atoms with E-state index in [1.165, 1.54) is 56.1 Å². The number of aryl methyl sites for hydroxylation is 4. The summed E-state index contributed by atoms with van der Waals surface area (Å²) < 4.78 is 12.9. The molecule has 0 saturated heterocycles. The molecule has 0 atom stereocenters.